The smallest absolute Gasteiger partial charge is 0.412 e. The van der Waals surface area contributed by atoms with Crippen molar-refractivity contribution in [2.45, 2.75) is 71.2 Å². The Morgan fingerprint density at radius 1 is 0.796 bits per heavy atom. The Morgan fingerprint density at radius 2 is 1.37 bits per heavy atom. The van der Waals surface area contributed by atoms with E-state index in [4.69, 9.17) is 24.4 Å². The summed E-state index contributed by atoms with van der Waals surface area (Å²) in [5.41, 5.74) is 7.14. The quantitative estimate of drug-likeness (QED) is 0.0692. The molecule has 0 bridgehead atoms. The Bertz CT molecular complexity index is 1880. The number of ether oxygens (including phenoxy) is 3. The first-order valence-electron chi connectivity index (χ1n) is 17.3. The van der Waals surface area contributed by atoms with Crippen LogP contribution >= 0.6 is 11.3 Å². The highest BCUT2D eigenvalue weighted by Gasteiger charge is 2.50. The van der Waals surface area contributed by atoms with E-state index in [-0.39, 0.29) is 12.2 Å². The molecule has 286 valence electrons. The molecule has 14 heteroatoms. The number of hydrogen-bond donors (Lipinski definition) is 3. The first-order chi connectivity index (χ1) is 25.4. The lowest BCUT2D eigenvalue weighted by atomic mass is 10.1. The van der Waals surface area contributed by atoms with Crippen LogP contribution in [-0.4, -0.2) is 69.1 Å². The molecule has 1 heterocycles. The predicted molar refractivity (Wildman–Crippen MR) is 210 cm³/mol. The highest BCUT2D eigenvalue weighted by molar-refractivity contribution is 7.13. The van der Waals surface area contributed by atoms with E-state index in [1.165, 1.54) is 11.3 Å². The number of carbonyl (C=O) groups excluding carboxylic acids is 5. The lowest BCUT2D eigenvalue weighted by molar-refractivity contribution is -0.163. The summed E-state index contributed by atoms with van der Waals surface area (Å²) in [6, 6.07) is 25.2. The normalized spacial score (nSPS) is 12.9. The predicted octanol–water partition coefficient (Wildman–Crippen LogP) is 5.40. The lowest BCUT2D eigenvalue weighted by Crippen LogP contribution is -2.67. The molecule has 3 aromatic carbocycles. The molecule has 0 aliphatic rings. The fourth-order valence-electron chi connectivity index (χ4n) is 5.65. The zero-order chi connectivity index (χ0) is 39.7. The summed E-state index contributed by atoms with van der Waals surface area (Å²) in [4.78, 5) is 64.3. The molecule has 0 saturated heterocycles. The van der Waals surface area contributed by atoms with Gasteiger partial charge in [0.05, 0.1) is 12.2 Å². The molecular formula is C40H47N3O9SSi. The van der Waals surface area contributed by atoms with Crippen molar-refractivity contribution in [3.8, 4) is 10.4 Å². The van der Waals surface area contributed by atoms with Crippen molar-refractivity contribution in [3.05, 3.63) is 102 Å². The lowest BCUT2D eigenvalue weighted by Gasteiger charge is -2.43. The van der Waals surface area contributed by atoms with Gasteiger partial charge in [0.2, 0.25) is 0 Å². The Balaban J connectivity index is 1.44. The maximum absolute atomic E-state index is 13.3. The number of nitrogens with one attached hydrogen (secondary N) is 2. The molecule has 4 N–H and O–H groups in total. The molecule has 0 fully saturated rings. The molecule has 0 aliphatic heterocycles. The van der Waals surface area contributed by atoms with Crippen LogP contribution in [0.2, 0.25) is 5.04 Å². The minimum atomic E-state index is -3.05. The largest absolute Gasteiger partial charge is 0.463 e. The van der Waals surface area contributed by atoms with Crippen molar-refractivity contribution < 1.29 is 42.6 Å². The molecule has 4 aromatic rings. The summed E-state index contributed by atoms with van der Waals surface area (Å²) >= 11 is 1.28. The summed E-state index contributed by atoms with van der Waals surface area (Å²) in [7, 11) is -3.05. The van der Waals surface area contributed by atoms with Gasteiger partial charge in [0.25, 0.3) is 14.2 Å². The van der Waals surface area contributed by atoms with Gasteiger partial charge >= 0.3 is 24.0 Å². The summed E-state index contributed by atoms with van der Waals surface area (Å²) in [6.45, 7) is 11.9. The van der Waals surface area contributed by atoms with Gasteiger partial charge in [-0.15, -0.1) is 11.3 Å². The molecule has 0 spiro atoms. The van der Waals surface area contributed by atoms with E-state index < -0.39 is 67.6 Å². The van der Waals surface area contributed by atoms with Crippen LogP contribution in [0.3, 0.4) is 0 Å². The van der Waals surface area contributed by atoms with Crippen LogP contribution in [0.4, 0.5) is 10.5 Å². The molecule has 0 unspecified atom stereocenters. The van der Waals surface area contributed by atoms with Gasteiger partial charge in [-0.1, -0.05) is 93.6 Å². The fourth-order valence-corrected chi connectivity index (χ4v) is 11.1. The van der Waals surface area contributed by atoms with Crippen LogP contribution in [0.1, 0.15) is 58.8 Å². The average molecular weight is 774 g/mol. The highest BCUT2D eigenvalue weighted by atomic mass is 32.1. The van der Waals surface area contributed by atoms with E-state index in [1.807, 2.05) is 60.7 Å². The van der Waals surface area contributed by atoms with E-state index in [1.54, 1.807) is 56.5 Å². The van der Waals surface area contributed by atoms with Crippen molar-refractivity contribution in [2.75, 3.05) is 18.5 Å². The molecular weight excluding hydrogens is 727 g/mol. The number of carbonyl (C=O) groups is 5. The second kappa shape index (κ2) is 17.8. The molecule has 2 atom stereocenters. The second-order valence-corrected chi connectivity index (χ2v) is 19.8. The highest BCUT2D eigenvalue weighted by Crippen LogP contribution is 2.37. The molecule has 0 saturated carbocycles. The molecule has 1 aromatic heterocycles. The third-order valence-electron chi connectivity index (χ3n) is 8.12. The zero-order valence-corrected chi connectivity index (χ0v) is 33.3. The maximum Gasteiger partial charge on any atom is 0.412 e. The molecule has 4 rings (SSSR count). The topological polar surface area (TPSA) is 172 Å². The Labute approximate surface area is 320 Å². The third kappa shape index (κ3) is 10.9. The van der Waals surface area contributed by atoms with Gasteiger partial charge in [-0.3, -0.25) is 14.9 Å². The Morgan fingerprint density at radius 3 is 1.89 bits per heavy atom. The number of thiophene rings is 1. The van der Waals surface area contributed by atoms with Gasteiger partial charge in [0.15, 0.2) is 6.04 Å². The number of nitrogens with two attached hydrogens (primary N) is 1. The number of rotatable bonds is 13. The number of benzene rings is 3. The summed E-state index contributed by atoms with van der Waals surface area (Å²) in [5.74, 6) is -3.59. The molecule has 12 nitrogen and oxygen atoms in total. The van der Waals surface area contributed by atoms with Crippen molar-refractivity contribution in [1.29, 1.82) is 0 Å². The first kappa shape index (κ1) is 41.6. The molecule has 0 aliphatic carbocycles. The van der Waals surface area contributed by atoms with Crippen LogP contribution in [-0.2, 0) is 33.0 Å². The van der Waals surface area contributed by atoms with Gasteiger partial charge in [0.1, 0.15) is 18.2 Å². The van der Waals surface area contributed by atoms with E-state index in [2.05, 4.69) is 31.4 Å². The fraction of sp³-hybridized carbons (Fsp3) is 0.325. The number of esters is 3. The van der Waals surface area contributed by atoms with Gasteiger partial charge in [-0.25, -0.2) is 14.4 Å². The molecule has 2 amide bonds. The SMILES string of the molecule is CC(=O)OC[C@H](NC(=O)c1csc(-c2ccc(NC(=O)OC(C)(C)C)cc2)c1)C(=O)OC(=O)[C@@H](N)CO[Si](c1ccccc1)(c1ccccc1)C(C)(C)C. The summed E-state index contributed by atoms with van der Waals surface area (Å²) in [5, 5.41) is 8.33. The van der Waals surface area contributed by atoms with E-state index >= 15 is 0 Å². The van der Waals surface area contributed by atoms with Gasteiger partial charge in [-0.05, 0) is 59.9 Å². The van der Waals surface area contributed by atoms with Crippen LogP contribution < -0.4 is 26.7 Å². The van der Waals surface area contributed by atoms with Crippen LogP contribution in [0, 0.1) is 0 Å². The summed E-state index contributed by atoms with van der Waals surface area (Å²) in [6.07, 6.45) is -0.584. The van der Waals surface area contributed by atoms with E-state index in [0.29, 0.717) is 5.69 Å². The van der Waals surface area contributed by atoms with Crippen LogP contribution in [0.5, 0.6) is 0 Å². The van der Waals surface area contributed by atoms with E-state index in [9.17, 15) is 24.0 Å². The Kier molecular flexibility index (Phi) is 13.7. The summed E-state index contributed by atoms with van der Waals surface area (Å²) < 4.78 is 22.1. The maximum atomic E-state index is 13.3. The minimum Gasteiger partial charge on any atom is -0.463 e. The average Bonchev–Trinajstić information content (AvgIpc) is 3.60. The van der Waals surface area contributed by atoms with Gasteiger partial charge in [-0.2, -0.15) is 0 Å². The van der Waals surface area contributed by atoms with Crippen molar-refractivity contribution in [1.82, 2.24) is 5.32 Å². The van der Waals surface area contributed by atoms with Crippen LogP contribution in [0.15, 0.2) is 96.4 Å². The van der Waals surface area contributed by atoms with Gasteiger partial charge < -0.3 is 29.7 Å². The minimum absolute atomic E-state index is 0.216. The standard InChI is InChI=1S/C40H47N3O9SSi/c1-26(44)49-24-33(43-35(45)28-22-34(53-25-28)27-18-20-29(21-19-27)42-38(48)52-39(2,3)4)37(47)51-36(46)32(41)23-50-54(40(5,6)7,30-14-10-8-11-15-30)31-16-12-9-13-17-31/h8-22,25,32-33H,23-24,41H2,1-7H3,(H,42,48)(H,43,45)/t32-,33-/m0/s1. The molecule has 54 heavy (non-hydrogen) atoms. The van der Waals surface area contributed by atoms with Crippen molar-refractivity contribution >= 4 is 65.6 Å². The third-order valence-corrected chi connectivity index (χ3v) is 14.1. The number of hydrogen-bond acceptors (Lipinski definition) is 11. The first-order valence-corrected chi connectivity index (χ1v) is 20.1. The second-order valence-electron chi connectivity index (χ2n) is 14.6. The molecule has 0 radical (unpaired) electrons. The van der Waals surface area contributed by atoms with Gasteiger partial charge in [0, 0.05) is 22.9 Å². The Hall–Kier alpha value is -5.15. The number of amides is 2. The number of anilines is 1. The van der Waals surface area contributed by atoms with E-state index in [0.717, 1.165) is 27.7 Å². The van der Waals surface area contributed by atoms with Crippen molar-refractivity contribution in [3.63, 3.8) is 0 Å². The zero-order valence-electron chi connectivity index (χ0n) is 31.5. The van der Waals surface area contributed by atoms with Crippen molar-refractivity contribution in [2.24, 2.45) is 5.73 Å². The monoisotopic (exact) mass is 773 g/mol. The van der Waals surface area contributed by atoms with Crippen LogP contribution in [0.25, 0.3) is 10.4 Å².